The molecule has 1 aromatic carbocycles. The Morgan fingerprint density at radius 2 is 2.04 bits per heavy atom. The molecule has 1 amide bonds. The zero-order valence-corrected chi connectivity index (χ0v) is 14.4. The Balaban J connectivity index is 1.76. The monoisotopic (exact) mass is 332 g/mol. The molecule has 0 unspecified atom stereocenters. The Morgan fingerprint density at radius 3 is 2.74 bits per heavy atom. The van der Waals surface area contributed by atoms with Gasteiger partial charge in [0.05, 0.1) is 12.2 Å². The summed E-state index contributed by atoms with van der Waals surface area (Å²) in [5, 5.41) is 3.21. The molecule has 0 bridgehead atoms. The largest absolute Gasteiger partial charge is 0.493 e. The zero-order valence-electron chi connectivity index (χ0n) is 13.6. The van der Waals surface area contributed by atoms with Crippen LogP contribution in [0.25, 0.3) is 0 Å². The van der Waals surface area contributed by atoms with Crippen LogP contribution in [0, 0.1) is 20.8 Å². The van der Waals surface area contributed by atoms with Crippen molar-refractivity contribution in [2.75, 3.05) is 13.2 Å². The highest BCUT2D eigenvalue weighted by Crippen LogP contribution is 2.23. The van der Waals surface area contributed by atoms with Gasteiger partial charge in [0.1, 0.15) is 10.9 Å². The number of rotatable bonds is 6. The van der Waals surface area contributed by atoms with Gasteiger partial charge in [-0.05, 0) is 62.1 Å². The molecule has 0 aliphatic rings. The van der Waals surface area contributed by atoms with Crippen molar-refractivity contribution >= 4 is 17.5 Å². The highest BCUT2D eigenvalue weighted by atomic mass is 35.5. The smallest absolute Gasteiger partial charge is 0.252 e. The maximum absolute atomic E-state index is 11.9. The molecule has 0 radical (unpaired) electrons. The second-order valence-electron chi connectivity index (χ2n) is 5.53. The Morgan fingerprint density at radius 1 is 1.26 bits per heavy atom. The molecule has 1 aromatic heterocycles. The van der Waals surface area contributed by atoms with Gasteiger partial charge in [-0.15, -0.1) is 0 Å². The summed E-state index contributed by atoms with van der Waals surface area (Å²) in [6.07, 6.45) is 2.20. The van der Waals surface area contributed by atoms with Crippen molar-refractivity contribution in [3.05, 3.63) is 57.9 Å². The molecule has 0 atom stereocenters. The number of carbonyl (C=O) groups is 1. The Kier molecular flexibility index (Phi) is 5.99. The minimum atomic E-state index is -0.156. The Hall–Kier alpha value is -2.07. The van der Waals surface area contributed by atoms with E-state index in [9.17, 15) is 4.79 Å². The van der Waals surface area contributed by atoms with Crippen molar-refractivity contribution in [2.45, 2.75) is 27.2 Å². The van der Waals surface area contributed by atoms with Crippen LogP contribution >= 0.6 is 11.6 Å². The molecule has 122 valence electrons. The number of hydrogen-bond donors (Lipinski definition) is 1. The number of aryl methyl sites for hydroxylation is 2. The number of ether oxygens (including phenoxy) is 1. The third-order valence-electron chi connectivity index (χ3n) is 3.62. The number of halogens is 1. The van der Waals surface area contributed by atoms with Crippen LogP contribution in [0.3, 0.4) is 0 Å². The summed E-state index contributed by atoms with van der Waals surface area (Å²) in [4.78, 5) is 15.8. The quantitative estimate of drug-likeness (QED) is 0.645. The number of carbonyl (C=O) groups excluding carboxylic acids is 1. The van der Waals surface area contributed by atoms with Gasteiger partial charge in [0.15, 0.2) is 0 Å². The van der Waals surface area contributed by atoms with Crippen molar-refractivity contribution in [1.29, 1.82) is 0 Å². The third-order valence-corrected chi connectivity index (χ3v) is 3.84. The lowest BCUT2D eigenvalue weighted by molar-refractivity contribution is 0.0951. The van der Waals surface area contributed by atoms with E-state index in [2.05, 4.69) is 37.1 Å². The molecule has 0 fully saturated rings. The van der Waals surface area contributed by atoms with Gasteiger partial charge in [0.2, 0.25) is 0 Å². The predicted molar refractivity (Wildman–Crippen MR) is 92.3 cm³/mol. The maximum Gasteiger partial charge on any atom is 0.252 e. The maximum atomic E-state index is 11.9. The highest BCUT2D eigenvalue weighted by molar-refractivity contribution is 6.29. The first-order valence-electron chi connectivity index (χ1n) is 7.58. The predicted octanol–water partition coefficient (Wildman–Crippen LogP) is 3.86. The fraction of sp³-hybridized carbons (Fsp3) is 0.333. The molecule has 0 spiro atoms. The fourth-order valence-electron chi connectivity index (χ4n) is 2.22. The van der Waals surface area contributed by atoms with E-state index in [1.807, 2.05) is 6.07 Å². The van der Waals surface area contributed by atoms with Gasteiger partial charge in [-0.25, -0.2) is 4.98 Å². The zero-order chi connectivity index (χ0) is 16.8. The molecule has 1 N–H and O–H groups in total. The van der Waals surface area contributed by atoms with Crippen molar-refractivity contribution in [3.63, 3.8) is 0 Å². The van der Waals surface area contributed by atoms with Crippen molar-refractivity contribution in [3.8, 4) is 5.75 Å². The number of pyridine rings is 1. The topological polar surface area (TPSA) is 51.2 Å². The molecule has 2 aromatic rings. The fourth-order valence-corrected chi connectivity index (χ4v) is 2.33. The summed E-state index contributed by atoms with van der Waals surface area (Å²) >= 11 is 5.70. The van der Waals surface area contributed by atoms with Gasteiger partial charge >= 0.3 is 0 Å². The molecular formula is C18H21ClN2O2. The lowest BCUT2D eigenvalue weighted by Crippen LogP contribution is -2.25. The number of benzene rings is 1. The van der Waals surface area contributed by atoms with Gasteiger partial charge in [-0.1, -0.05) is 17.7 Å². The van der Waals surface area contributed by atoms with E-state index in [4.69, 9.17) is 16.3 Å². The molecular weight excluding hydrogens is 312 g/mol. The molecule has 0 saturated heterocycles. The molecule has 2 rings (SSSR count). The van der Waals surface area contributed by atoms with Crippen LogP contribution in [0.2, 0.25) is 5.15 Å². The number of nitrogens with zero attached hydrogens (tertiary/aromatic N) is 1. The first-order valence-corrected chi connectivity index (χ1v) is 7.95. The van der Waals surface area contributed by atoms with E-state index in [1.165, 1.54) is 17.3 Å². The van der Waals surface area contributed by atoms with Crippen LogP contribution in [0.5, 0.6) is 5.75 Å². The van der Waals surface area contributed by atoms with E-state index >= 15 is 0 Å². The lowest BCUT2D eigenvalue weighted by Gasteiger charge is -2.12. The number of aromatic nitrogens is 1. The summed E-state index contributed by atoms with van der Waals surface area (Å²) in [5.41, 5.74) is 4.07. The first-order chi connectivity index (χ1) is 11.0. The Bertz CT molecular complexity index is 684. The summed E-state index contributed by atoms with van der Waals surface area (Å²) in [6.45, 7) is 7.29. The summed E-state index contributed by atoms with van der Waals surface area (Å²) in [7, 11) is 0. The highest BCUT2D eigenvalue weighted by Gasteiger charge is 2.06. The van der Waals surface area contributed by atoms with Crippen LogP contribution in [0.1, 0.15) is 33.5 Å². The number of amides is 1. The number of hydrogen-bond acceptors (Lipinski definition) is 3. The second kappa shape index (κ2) is 7.97. The van der Waals surface area contributed by atoms with Crippen LogP contribution in [-0.4, -0.2) is 24.0 Å². The van der Waals surface area contributed by atoms with Crippen molar-refractivity contribution < 1.29 is 9.53 Å². The average Bonchev–Trinajstić information content (AvgIpc) is 2.52. The van der Waals surface area contributed by atoms with E-state index in [0.717, 1.165) is 17.7 Å². The molecule has 0 aliphatic carbocycles. The molecule has 0 saturated carbocycles. The van der Waals surface area contributed by atoms with Crippen molar-refractivity contribution in [2.24, 2.45) is 0 Å². The molecule has 23 heavy (non-hydrogen) atoms. The second-order valence-corrected chi connectivity index (χ2v) is 5.92. The van der Waals surface area contributed by atoms with E-state index in [-0.39, 0.29) is 5.91 Å². The normalized spacial score (nSPS) is 10.4. The van der Waals surface area contributed by atoms with Gasteiger partial charge in [-0.2, -0.15) is 0 Å². The van der Waals surface area contributed by atoms with Crippen LogP contribution in [0.15, 0.2) is 30.5 Å². The van der Waals surface area contributed by atoms with Crippen LogP contribution in [-0.2, 0) is 0 Å². The van der Waals surface area contributed by atoms with Crippen LogP contribution in [0.4, 0.5) is 0 Å². The summed E-state index contributed by atoms with van der Waals surface area (Å²) in [5.74, 6) is 0.757. The standard InChI is InChI=1S/C18H21ClN2O2/c1-12-9-13(2)14(3)16(10-12)23-8-4-7-20-18(22)15-5-6-17(19)21-11-15/h5-6,9-11H,4,7-8H2,1-3H3,(H,20,22). The minimum absolute atomic E-state index is 0.156. The van der Waals surface area contributed by atoms with Gasteiger partial charge in [0, 0.05) is 12.7 Å². The van der Waals surface area contributed by atoms with Crippen LogP contribution < -0.4 is 10.1 Å². The minimum Gasteiger partial charge on any atom is -0.493 e. The number of nitrogens with one attached hydrogen (secondary N) is 1. The molecule has 5 heteroatoms. The molecule has 0 aliphatic heterocycles. The first kappa shape index (κ1) is 17.3. The summed E-state index contributed by atoms with van der Waals surface area (Å²) in [6, 6.07) is 7.44. The van der Waals surface area contributed by atoms with E-state index in [0.29, 0.717) is 23.9 Å². The van der Waals surface area contributed by atoms with Gasteiger partial charge in [-0.3, -0.25) is 4.79 Å². The Labute approximate surface area is 141 Å². The van der Waals surface area contributed by atoms with E-state index in [1.54, 1.807) is 12.1 Å². The third kappa shape index (κ3) is 4.96. The summed E-state index contributed by atoms with van der Waals surface area (Å²) < 4.78 is 5.82. The van der Waals surface area contributed by atoms with E-state index < -0.39 is 0 Å². The average molecular weight is 333 g/mol. The van der Waals surface area contributed by atoms with Gasteiger partial charge < -0.3 is 10.1 Å². The van der Waals surface area contributed by atoms with Crippen molar-refractivity contribution in [1.82, 2.24) is 10.3 Å². The van der Waals surface area contributed by atoms with Gasteiger partial charge in [0.25, 0.3) is 5.91 Å². The lowest BCUT2D eigenvalue weighted by atomic mass is 10.1. The molecule has 4 nitrogen and oxygen atoms in total. The SMILES string of the molecule is Cc1cc(C)c(C)c(OCCCNC(=O)c2ccc(Cl)nc2)c1. The molecule has 1 heterocycles.